The molecule has 0 unspecified atom stereocenters. The van der Waals surface area contributed by atoms with E-state index in [1.165, 1.54) is 0 Å². The van der Waals surface area contributed by atoms with E-state index in [1.807, 2.05) is 48.6 Å². The van der Waals surface area contributed by atoms with Crippen LogP contribution in [0.1, 0.15) is 23.2 Å². The maximum atomic E-state index is 11.7. The topological polar surface area (TPSA) is 108 Å². The predicted octanol–water partition coefficient (Wildman–Crippen LogP) is 3.66. The fourth-order valence-corrected chi connectivity index (χ4v) is 2.80. The third-order valence-corrected chi connectivity index (χ3v) is 4.31. The molecule has 0 spiro atoms. The average molecular weight is 430 g/mol. The molecular weight excluding hydrogens is 413 g/mol. The number of carboxylic acids is 1. The zero-order chi connectivity index (χ0) is 22.4. The summed E-state index contributed by atoms with van der Waals surface area (Å²) in [4.78, 5) is 24.6. The first-order valence-electron chi connectivity index (χ1n) is 9.09. The van der Waals surface area contributed by atoms with Gasteiger partial charge in [-0.1, -0.05) is 12.1 Å². The minimum atomic E-state index is -5.08. The van der Waals surface area contributed by atoms with Gasteiger partial charge in [-0.05, 0) is 54.0 Å². The fourth-order valence-electron chi connectivity index (χ4n) is 2.80. The molecule has 3 aromatic rings. The van der Waals surface area contributed by atoms with Crippen molar-refractivity contribution in [3.05, 3.63) is 65.1 Å². The molecular formula is C21H17F3N4O3. The number of H-pyrrole nitrogens is 1. The molecule has 0 bridgehead atoms. The number of halogens is 3. The molecule has 0 radical (unpaired) electrons. The van der Waals surface area contributed by atoms with E-state index in [4.69, 9.17) is 9.90 Å². The van der Waals surface area contributed by atoms with Gasteiger partial charge in [-0.15, -0.1) is 0 Å². The lowest BCUT2D eigenvalue weighted by molar-refractivity contribution is -0.192. The fraction of sp³-hybridized carbons (Fsp3) is 0.143. The lowest BCUT2D eigenvalue weighted by atomic mass is 10.1. The smallest absolute Gasteiger partial charge is 0.475 e. The first kappa shape index (κ1) is 21.8. The molecule has 10 heteroatoms. The van der Waals surface area contributed by atoms with Gasteiger partial charge in [0.25, 0.3) is 0 Å². The molecule has 0 saturated carbocycles. The van der Waals surface area contributed by atoms with Crippen molar-refractivity contribution < 1.29 is 27.9 Å². The van der Waals surface area contributed by atoms with E-state index in [1.54, 1.807) is 12.4 Å². The Balaban J connectivity index is 0.000000339. The van der Waals surface area contributed by atoms with Gasteiger partial charge in [0, 0.05) is 29.9 Å². The van der Waals surface area contributed by atoms with Gasteiger partial charge in [0.15, 0.2) is 0 Å². The number of alkyl halides is 3. The number of pyridine rings is 1. The Kier molecular flexibility index (Phi) is 6.49. The number of carboxylic acid groups (broad SMARTS) is 1. The van der Waals surface area contributed by atoms with Gasteiger partial charge in [-0.2, -0.15) is 18.3 Å². The summed E-state index contributed by atoms with van der Waals surface area (Å²) in [6, 6.07) is 9.96. The highest BCUT2D eigenvalue weighted by Gasteiger charge is 2.38. The lowest BCUT2D eigenvalue weighted by Crippen LogP contribution is -2.21. The summed E-state index contributed by atoms with van der Waals surface area (Å²) >= 11 is 0. The molecule has 0 aliphatic carbocycles. The van der Waals surface area contributed by atoms with E-state index in [0.29, 0.717) is 0 Å². The number of aromatic nitrogens is 3. The second-order valence-electron chi connectivity index (χ2n) is 6.51. The number of rotatable bonds is 3. The van der Waals surface area contributed by atoms with Crippen molar-refractivity contribution in [3.8, 4) is 0 Å². The first-order valence-corrected chi connectivity index (χ1v) is 9.09. The maximum Gasteiger partial charge on any atom is 0.490 e. The molecule has 3 N–H and O–H groups in total. The molecule has 1 saturated heterocycles. The van der Waals surface area contributed by atoms with Crippen LogP contribution < -0.4 is 5.32 Å². The van der Waals surface area contributed by atoms with Crippen molar-refractivity contribution in [2.75, 3.05) is 6.54 Å². The Morgan fingerprint density at radius 1 is 1.10 bits per heavy atom. The first-order chi connectivity index (χ1) is 14.7. The SMILES string of the molecule is O=C(O)C(F)(F)F.O=C1NCCC1=Cc1ccc2c(/C=C/c3ccncc3)n[nH]c2c1. The van der Waals surface area contributed by atoms with E-state index in [9.17, 15) is 18.0 Å². The number of benzene rings is 1. The van der Waals surface area contributed by atoms with Crippen molar-refractivity contribution >= 4 is 41.0 Å². The predicted molar refractivity (Wildman–Crippen MR) is 109 cm³/mol. The van der Waals surface area contributed by atoms with E-state index >= 15 is 0 Å². The minimum absolute atomic E-state index is 0.0284. The van der Waals surface area contributed by atoms with E-state index in [0.717, 1.165) is 46.3 Å². The third kappa shape index (κ3) is 5.78. The van der Waals surface area contributed by atoms with Crippen LogP contribution in [-0.4, -0.2) is 44.9 Å². The molecule has 1 aliphatic rings. The highest BCUT2D eigenvalue weighted by atomic mass is 19.4. The summed E-state index contributed by atoms with van der Waals surface area (Å²) in [6.45, 7) is 0.723. The van der Waals surface area contributed by atoms with Crippen LogP contribution in [0.3, 0.4) is 0 Å². The van der Waals surface area contributed by atoms with Crippen LogP contribution in [0.25, 0.3) is 29.1 Å². The molecule has 160 valence electrons. The number of aromatic amines is 1. The Bertz CT molecular complexity index is 1150. The summed E-state index contributed by atoms with van der Waals surface area (Å²) in [6.07, 6.45) is 5.16. The molecule has 7 nitrogen and oxygen atoms in total. The van der Waals surface area contributed by atoms with Gasteiger partial charge in [0.2, 0.25) is 5.91 Å². The van der Waals surface area contributed by atoms with Crippen LogP contribution in [0.5, 0.6) is 0 Å². The molecule has 31 heavy (non-hydrogen) atoms. The van der Waals surface area contributed by atoms with Gasteiger partial charge in [-0.25, -0.2) is 4.79 Å². The number of hydrogen-bond acceptors (Lipinski definition) is 4. The number of carbonyl (C=O) groups is 2. The number of amides is 1. The van der Waals surface area contributed by atoms with Crippen molar-refractivity contribution in [1.29, 1.82) is 0 Å². The van der Waals surface area contributed by atoms with Gasteiger partial charge in [-0.3, -0.25) is 14.9 Å². The quantitative estimate of drug-likeness (QED) is 0.550. The maximum absolute atomic E-state index is 11.7. The molecule has 1 aliphatic heterocycles. The van der Waals surface area contributed by atoms with Gasteiger partial charge < -0.3 is 10.4 Å². The third-order valence-electron chi connectivity index (χ3n) is 4.31. The van der Waals surface area contributed by atoms with Crippen LogP contribution >= 0.6 is 0 Å². The Labute approximate surface area is 174 Å². The number of nitrogens with one attached hydrogen (secondary N) is 2. The normalized spacial score (nSPS) is 15.2. The van der Waals surface area contributed by atoms with Crippen LogP contribution in [0, 0.1) is 0 Å². The van der Waals surface area contributed by atoms with Gasteiger partial charge in [0.1, 0.15) is 0 Å². The average Bonchev–Trinajstić information content (AvgIpc) is 3.32. The van der Waals surface area contributed by atoms with Crippen LogP contribution in [-0.2, 0) is 9.59 Å². The van der Waals surface area contributed by atoms with E-state index in [-0.39, 0.29) is 5.91 Å². The summed E-state index contributed by atoms with van der Waals surface area (Å²) in [7, 11) is 0. The number of hydrogen-bond donors (Lipinski definition) is 3. The summed E-state index contributed by atoms with van der Waals surface area (Å²) in [5.41, 5.74) is 4.75. The molecule has 1 fully saturated rings. The van der Waals surface area contributed by atoms with Crippen molar-refractivity contribution in [2.45, 2.75) is 12.6 Å². The summed E-state index contributed by atoms with van der Waals surface area (Å²) in [5, 5.41) is 18.4. The van der Waals surface area contributed by atoms with Crippen LogP contribution in [0.4, 0.5) is 13.2 Å². The second-order valence-corrected chi connectivity index (χ2v) is 6.51. The number of carbonyl (C=O) groups excluding carboxylic acids is 1. The van der Waals surface area contributed by atoms with E-state index < -0.39 is 12.1 Å². The monoisotopic (exact) mass is 430 g/mol. The molecule has 2 aromatic heterocycles. The lowest BCUT2D eigenvalue weighted by Gasteiger charge is -1.97. The zero-order valence-electron chi connectivity index (χ0n) is 16.0. The highest BCUT2D eigenvalue weighted by Crippen LogP contribution is 2.22. The molecule has 1 amide bonds. The van der Waals surface area contributed by atoms with Crippen molar-refractivity contribution in [2.24, 2.45) is 0 Å². The number of aliphatic carboxylic acids is 1. The largest absolute Gasteiger partial charge is 0.490 e. The van der Waals surface area contributed by atoms with E-state index in [2.05, 4.69) is 20.5 Å². The summed E-state index contributed by atoms with van der Waals surface area (Å²) in [5.74, 6) is -2.73. The molecule has 4 rings (SSSR count). The van der Waals surface area contributed by atoms with Gasteiger partial charge >= 0.3 is 12.1 Å². The van der Waals surface area contributed by atoms with Gasteiger partial charge in [0.05, 0.1) is 11.2 Å². The standard InChI is InChI=1S/C19H16N4O.C2HF3O2/c24-19-15(7-10-21-19)11-14-1-3-16-17(22-23-18(16)12-14)4-2-13-5-8-20-9-6-13;3-2(4,5)1(6)7/h1-6,8-9,11-12H,7,10H2,(H,21,24)(H,22,23);(H,6,7)/b4-2+,15-11?;. The summed E-state index contributed by atoms with van der Waals surface area (Å²) < 4.78 is 31.7. The molecule has 3 heterocycles. The number of nitrogens with zero attached hydrogens (tertiary/aromatic N) is 2. The molecule has 0 atom stereocenters. The van der Waals surface area contributed by atoms with Crippen LogP contribution in [0.15, 0.2) is 48.3 Å². The van der Waals surface area contributed by atoms with Crippen LogP contribution in [0.2, 0.25) is 0 Å². The van der Waals surface area contributed by atoms with Crippen molar-refractivity contribution in [3.63, 3.8) is 0 Å². The zero-order valence-corrected chi connectivity index (χ0v) is 16.0. The molecule has 1 aromatic carbocycles. The second kappa shape index (κ2) is 9.24. The highest BCUT2D eigenvalue weighted by molar-refractivity contribution is 6.00. The Hall–Kier alpha value is -3.95. The minimum Gasteiger partial charge on any atom is -0.475 e. The number of fused-ring (bicyclic) bond motifs is 1. The Morgan fingerprint density at radius 3 is 2.42 bits per heavy atom. The Morgan fingerprint density at radius 2 is 1.81 bits per heavy atom. The van der Waals surface area contributed by atoms with Crippen molar-refractivity contribution in [1.82, 2.24) is 20.5 Å².